The van der Waals surface area contributed by atoms with Crippen LogP contribution in [0.15, 0.2) is 23.8 Å². The number of rotatable bonds is 4. The predicted molar refractivity (Wildman–Crippen MR) is 96.5 cm³/mol. The second-order valence-electron chi connectivity index (χ2n) is 7.25. The molecule has 0 bridgehead atoms. The maximum atomic E-state index is 11.7. The van der Waals surface area contributed by atoms with Gasteiger partial charge in [-0.15, -0.1) is 0 Å². The van der Waals surface area contributed by atoms with Crippen LogP contribution in [-0.2, 0) is 28.5 Å². The maximum absolute atomic E-state index is 11.7. The van der Waals surface area contributed by atoms with Gasteiger partial charge in [0.25, 0.3) is 0 Å². The SMILES string of the molecule is C=C1C[C@@H]2OC[C@H](COC)[C@H]2[C@H](OC(C)=O)C=C(C)CC[C@@H]1OC(C)=O. The highest BCUT2D eigenvalue weighted by molar-refractivity contribution is 5.66. The molecule has 0 unspecified atom stereocenters. The first-order chi connectivity index (χ1) is 12.3. The number of hydrogen-bond acceptors (Lipinski definition) is 6. The van der Waals surface area contributed by atoms with E-state index in [9.17, 15) is 9.59 Å². The third-order valence-electron chi connectivity index (χ3n) is 5.04. The fraction of sp³-hybridized carbons (Fsp3) is 0.700. The van der Waals surface area contributed by atoms with Gasteiger partial charge in [-0.3, -0.25) is 9.59 Å². The van der Waals surface area contributed by atoms with E-state index in [0.29, 0.717) is 26.1 Å². The van der Waals surface area contributed by atoms with E-state index in [2.05, 4.69) is 6.58 Å². The summed E-state index contributed by atoms with van der Waals surface area (Å²) in [5.41, 5.74) is 1.93. The summed E-state index contributed by atoms with van der Waals surface area (Å²) in [7, 11) is 1.66. The zero-order valence-corrected chi connectivity index (χ0v) is 16.2. The van der Waals surface area contributed by atoms with Gasteiger partial charge in [-0.25, -0.2) is 0 Å². The van der Waals surface area contributed by atoms with Crippen molar-refractivity contribution in [3.8, 4) is 0 Å². The summed E-state index contributed by atoms with van der Waals surface area (Å²) < 4.78 is 22.5. The first-order valence-corrected chi connectivity index (χ1v) is 9.11. The van der Waals surface area contributed by atoms with E-state index in [1.807, 2.05) is 13.0 Å². The Morgan fingerprint density at radius 3 is 2.58 bits per heavy atom. The minimum absolute atomic E-state index is 0.0263. The lowest BCUT2D eigenvalue weighted by atomic mass is 9.81. The molecule has 2 rings (SSSR count). The number of carbonyl (C=O) groups excluding carboxylic acids is 2. The summed E-state index contributed by atoms with van der Waals surface area (Å²) in [4.78, 5) is 23.1. The number of carbonyl (C=O) groups is 2. The fourth-order valence-corrected chi connectivity index (χ4v) is 3.90. The zero-order valence-electron chi connectivity index (χ0n) is 16.2. The molecule has 0 saturated carbocycles. The molecule has 0 aromatic carbocycles. The first kappa shape index (κ1) is 20.6. The molecule has 1 aliphatic carbocycles. The van der Waals surface area contributed by atoms with Crippen molar-refractivity contribution in [2.24, 2.45) is 11.8 Å². The van der Waals surface area contributed by atoms with Crippen LogP contribution in [0.2, 0.25) is 0 Å². The molecule has 1 aliphatic heterocycles. The Kier molecular flexibility index (Phi) is 7.41. The summed E-state index contributed by atoms with van der Waals surface area (Å²) in [6.07, 6.45) is 3.12. The minimum Gasteiger partial charge on any atom is -0.458 e. The molecule has 6 nitrogen and oxygen atoms in total. The highest BCUT2D eigenvalue weighted by Crippen LogP contribution is 2.38. The smallest absolute Gasteiger partial charge is 0.303 e. The van der Waals surface area contributed by atoms with Crippen molar-refractivity contribution >= 4 is 11.9 Å². The Hall–Kier alpha value is -1.66. The quantitative estimate of drug-likeness (QED) is 0.563. The standard InChI is InChI=1S/C20H30O6/c1-12-6-7-17(25-14(3)21)13(2)9-18-20(16(10-23-5)11-24-18)19(8-12)26-15(4)22/h8,16-20H,2,6-7,9-11H2,1,3-5H3/t16-,17-,18-,19+,20+/m0/s1. The molecule has 0 aromatic heterocycles. The second kappa shape index (κ2) is 9.33. The molecule has 1 saturated heterocycles. The van der Waals surface area contributed by atoms with Crippen LogP contribution >= 0.6 is 0 Å². The van der Waals surface area contributed by atoms with Gasteiger partial charge in [-0.05, 0) is 37.8 Å². The molecule has 0 N–H and O–H groups in total. The van der Waals surface area contributed by atoms with E-state index < -0.39 is 0 Å². The Labute approximate surface area is 155 Å². The summed E-state index contributed by atoms with van der Waals surface area (Å²) in [5.74, 6) is -0.525. The van der Waals surface area contributed by atoms with Gasteiger partial charge in [-0.2, -0.15) is 0 Å². The Morgan fingerprint density at radius 1 is 1.27 bits per heavy atom. The van der Waals surface area contributed by atoms with Gasteiger partial charge in [0.1, 0.15) is 12.2 Å². The van der Waals surface area contributed by atoms with Crippen LogP contribution in [0, 0.1) is 11.8 Å². The molecule has 0 amide bonds. The van der Waals surface area contributed by atoms with Crippen LogP contribution in [0.25, 0.3) is 0 Å². The maximum Gasteiger partial charge on any atom is 0.303 e. The van der Waals surface area contributed by atoms with Crippen LogP contribution in [0.3, 0.4) is 0 Å². The van der Waals surface area contributed by atoms with Gasteiger partial charge < -0.3 is 18.9 Å². The molecule has 146 valence electrons. The second-order valence-corrected chi connectivity index (χ2v) is 7.25. The van der Waals surface area contributed by atoms with Gasteiger partial charge in [0.05, 0.1) is 19.3 Å². The fourth-order valence-electron chi connectivity index (χ4n) is 3.90. The molecule has 26 heavy (non-hydrogen) atoms. The average molecular weight is 366 g/mol. The lowest BCUT2D eigenvalue weighted by Gasteiger charge is -2.32. The summed E-state index contributed by atoms with van der Waals surface area (Å²) in [6, 6.07) is 0. The zero-order chi connectivity index (χ0) is 19.3. The Morgan fingerprint density at radius 2 is 1.96 bits per heavy atom. The summed E-state index contributed by atoms with van der Waals surface area (Å²) in [5, 5.41) is 0. The normalized spacial score (nSPS) is 32.4. The number of allylic oxidation sites excluding steroid dienone is 1. The monoisotopic (exact) mass is 366 g/mol. The molecule has 1 heterocycles. The molecule has 0 spiro atoms. The van der Waals surface area contributed by atoms with Crippen LogP contribution < -0.4 is 0 Å². The van der Waals surface area contributed by atoms with Crippen molar-refractivity contribution in [1.82, 2.24) is 0 Å². The number of esters is 2. The van der Waals surface area contributed by atoms with E-state index in [1.165, 1.54) is 13.8 Å². The van der Waals surface area contributed by atoms with Crippen molar-refractivity contribution in [2.75, 3.05) is 20.3 Å². The topological polar surface area (TPSA) is 71.1 Å². The van der Waals surface area contributed by atoms with Gasteiger partial charge in [-0.1, -0.05) is 12.2 Å². The van der Waals surface area contributed by atoms with Gasteiger partial charge >= 0.3 is 11.9 Å². The Bertz CT molecular complexity index is 567. The molecule has 1 fully saturated rings. The predicted octanol–water partition coefficient (Wildman–Crippen LogP) is 2.81. The van der Waals surface area contributed by atoms with Crippen LogP contribution in [0.4, 0.5) is 0 Å². The first-order valence-electron chi connectivity index (χ1n) is 9.11. The average Bonchev–Trinajstić information content (AvgIpc) is 2.92. The van der Waals surface area contributed by atoms with Gasteiger partial charge in [0, 0.05) is 32.8 Å². The van der Waals surface area contributed by atoms with E-state index in [4.69, 9.17) is 18.9 Å². The van der Waals surface area contributed by atoms with Crippen molar-refractivity contribution < 1.29 is 28.5 Å². The highest BCUT2D eigenvalue weighted by atomic mass is 16.6. The lowest BCUT2D eigenvalue weighted by Crippen LogP contribution is -2.37. The molecular formula is C20H30O6. The minimum atomic E-state index is -0.363. The van der Waals surface area contributed by atoms with Crippen molar-refractivity contribution in [3.63, 3.8) is 0 Å². The summed E-state index contributed by atoms with van der Waals surface area (Å²) >= 11 is 0. The number of methoxy groups -OCH3 is 1. The van der Waals surface area contributed by atoms with Crippen molar-refractivity contribution in [1.29, 1.82) is 0 Å². The highest BCUT2D eigenvalue weighted by Gasteiger charge is 2.44. The number of fused-ring (bicyclic) bond motifs is 1. The molecule has 0 radical (unpaired) electrons. The molecule has 6 heteroatoms. The van der Waals surface area contributed by atoms with E-state index in [-0.39, 0.29) is 42.1 Å². The van der Waals surface area contributed by atoms with Crippen LogP contribution in [-0.4, -0.2) is 50.6 Å². The lowest BCUT2D eigenvalue weighted by molar-refractivity contribution is -0.149. The van der Waals surface area contributed by atoms with E-state index >= 15 is 0 Å². The van der Waals surface area contributed by atoms with Crippen molar-refractivity contribution in [3.05, 3.63) is 23.8 Å². The van der Waals surface area contributed by atoms with Gasteiger partial charge in [0.2, 0.25) is 0 Å². The van der Waals surface area contributed by atoms with E-state index in [1.54, 1.807) is 7.11 Å². The third-order valence-corrected chi connectivity index (χ3v) is 5.04. The van der Waals surface area contributed by atoms with Crippen molar-refractivity contribution in [2.45, 2.75) is 58.3 Å². The summed E-state index contributed by atoms with van der Waals surface area (Å²) in [6.45, 7) is 10.1. The largest absolute Gasteiger partial charge is 0.458 e. The van der Waals surface area contributed by atoms with Gasteiger partial charge in [0.15, 0.2) is 0 Å². The van der Waals surface area contributed by atoms with E-state index in [0.717, 1.165) is 17.6 Å². The molecule has 5 atom stereocenters. The Balaban J connectivity index is 2.33. The van der Waals surface area contributed by atoms with Crippen LogP contribution in [0.5, 0.6) is 0 Å². The molecule has 0 aromatic rings. The third kappa shape index (κ3) is 5.42. The molecular weight excluding hydrogens is 336 g/mol. The molecule has 2 aliphatic rings. The van der Waals surface area contributed by atoms with Crippen LogP contribution in [0.1, 0.15) is 40.0 Å². The number of hydrogen-bond donors (Lipinski definition) is 0. The number of ether oxygens (including phenoxy) is 4.